The first-order valence-corrected chi connectivity index (χ1v) is 13.0. The van der Waals surface area contributed by atoms with E-state index in [1.165, 1.54) is 6.92 Å². The van der Waals surface area contributed by atoms with Crippen molar-refractivity contribution in [2.45, 2.75) is 45.7 Å². The standard InChI is InChI=1S/C27H40N4O4/c1-18(2)25(28-19(3)32)27(34)31-15-22-13-30(14-23(22)16-31)11-9-24(20-7-5-4-6-8-20)29-26(33)21-10-12-35-17-21/h4-8,18,21-25H,9-17H2,1-3H3,(H,28,32)(H,29,33)/t21?,22-,23?,24?,25+/m0/s1. The average Bonchev–Trinajstić information content (AvgIpc) is 3.57. The van der Waals surface area contributed by atoms with Crippen LogP contribution in [0.15, 0.2) is 30.3 Å². The molecule has 4 rings (SSSR count). The van der Waals surface area contributed by atoms with E-state index in [0.29, 0.717) is 25.0 Å². The van der Waals surface area contributed by atoms with Crippen molar-refractivity contribution in [3.8, 4) is 0 Å². The largest absolute Gasteiger partial charge is 0.381 e. The second-order valence-electron chi connectivity index (χ2n) is 10.8. The molecule has 0 saturated carbocycles. The zero-order chi connectivity index (χ0) is 24.9. The fraction of sp³-hybridized carbons (Fsp3) is 0.667. The van der Waals surface area contributed by atoms with Crippen LogP contribution in [0.25, 0.3) is 0 Å². The highest BCUT2D eigenvalue weighted by molar-refractivity contribution is 5.87. The summed E-state index contributed by atoms with van der Waals surface area (Å²) in [4.78, 5) is 41.8. The number of benzene rings is 1. The van der Waals surface area contributed by atoms with E-state index >= 15 is 0 Å². The Hall–Kier alpha value is -2.45. The first-order valence-electron chi connectivity index (χ1n) is 13.0. The molecule has 8 nitrogen and oxygen atoms in total. The quantitative estimate of drug-likeness (QED) is 0.558. The maximum atomic E-state index is 13.1. The minimum Gasteiger partial charge on any atom is -0.381 e. The Bertz CT molecular complexity index is 872. The molecular weight excluding hydrogens is 444 g/mol. The van der Waals surface area contributed by atoms with Crippen molar-refractivity contribution in [2.24, 2.45) is 23.7 Å². The van der Waals surface area contributed by atoms with Crippen LogP contribution in [0.2, 0.25) is 0 Å². The second-order valence-corrected chi connectivity index (χ2v) is 10.8. The molecule has 0 bridgehead atoms. The summed E-state index contributed by atoms with van der Waals surface area (Å²) in [6.45, 7) is 10.9. The van der Waals surface area contributed by atoms with Crippen molar-refractivity contribution in [3.05, 3.63) is 35.9 Å². The van der Waals surface area contributed by atoms with Gasteiger partial charge in [-0.05, 0) is 36.2 Å². The minimum absolute atomic E-state index is 0.0210. The van der Waals surface area contributed by atoms with Crippen LogP contribution < -0.4 is 10.6 Å². The molecule has 0 aromatic heterocycles. The molecule has 3 aliphatic heterocycles. The molecule has 0 radical (unpaired) electrons. The van der Waals surface area contributed by atoms with E-state index in [1.807, 2.05) is 36.9 Å². The molecule has 2 N–H and O–H groups in total. The summed E-state index contributed by atoms with van der Waals surface area (Å²) in [6.07, 6.45) is 1.64. The maximum absolute atomic E-state index is 13.1. The zero-order valence-electron chi connectivity index (χ0n) is 21.2. The maximum Gasteiger partial charge on any atom is 0.245 e. The predicted molar refractivity (Wildman–Crippen MR) is 133 cm³/mol. The van der Waals surface area contributed by atoms with Gasteiger partial charge in [-0.3, -0.25) is 14.4 Å². The van der Waals surface area contributed by atoms with Crippen LogP contribution in [0.4, 0.5) is 0 Å². The van der Waals surface area contributed by atoms with E-state index in [-0.39, 0.29) is 35.6 Å². The topological polar surface area (TPSA) is 91.0 Å². The fourth-order valence-corrected chi connectivity index (χ4v) is 5.73. The van der Waals surface area contributed by atoms with Crippen LogP contribution in [0, 0.1) is 23.7 Å². The zero-order valence-corrected chi connectivity index (χ0v) is 21.2. The van der Waals surface area contributed by atoms with Crippen molar-refractivity contribution in [1.29, 1.82) is 0 Å². The van der Waals surface area contributed by atoms with Crippen LogP contribution in [0.1, 0.15) is 45.2 Å². The Morgan fingerprint density at radius 2 is 1.71 bits per heavy atom. The Labute approximate surface area is 208 Å². The van der Waals surface area contributed by atoms with E-state index in [4.69, 9.17) is 4.74 Å². The first-order chi connectivity index (χ1) is 16.8. The van der Waals surface area contributed by atoms with Gasteiger partial charge in [0.15, 0.2) is 0 Å². The number of carbonyl (C=O) groups is 3. The molecule has 3 aliphatic rings. The highest BCUT2D eigenvalue weighted by Crippen LogP contribution is 2.32. The molecular formula is C27H40N4O4. The molecule has 1 aromatic rings. The summed E-state index contributed by atoms with van der Waals surface area (Å²) >= 11 is 0. The van der Waals surface area contributed by atoms with Gasteiger partial charge in [0.05, 0.1) is 18.6 Å². The monoisotopic (exact) mass is 484 g/mol. The second kappa shape index (κ2) is 11.5. The third-order valence-corrected chi connectivity index (χ3v) is 7.72. The SMILES string of the molecule is CC(=O)N[C@@H](C(=O)N1CC2CN(CCC(NC(=O)C3CCOC3)c3ccccc3)C[C@H]2C1)C(C)C. The normalized spacial score (nSPS) is 25.9. The molecule has 35 heavy (non-hydrogen) atoms. The van der Waals surface area contributed by atoms with Crippen molar-refractivity contribution >= 4 is 17.7 Å². The number of amides is 3. The van der Waals surface area contributed by atoms with Gasteiger partial charge in [0.1, 0.15) is 6.04 Å². The highest BCUT2D eigenvalue weighted by atomic mass is 16.5. The Morgan fingerprint density at radius 1 is 1.03 bits per heavy atom. The van der Waals surface area contributed by atoms with Gasteiger partial charge < -0.3 is 25.2 Å². The van der Waals surface area contributed by atoms with Gasteiger partial charge in [-0.1, -0.05) is 44.2 Å². The van der Waals surface area contributed by atoms with Gasteiger partial charge in [-0.15, -0.1) is 0 Å². The molecule has 0 spiro atoms. The highest BCUT2D eigenvalue weighted by Gasteiger charge is 2.43. The molecule has 3 fully saturated rings. The lowest BCUT2D eigenvalue weighted by Gasteiger charge is -2.28. The molecule has 3 saturated heterocycles. The minimum atomic E-state index is -0.456. The molecule has 3 amide bonds. The third kappa shape index (κ3) is 6.41. The van der Waals surface area contributed by atoms with Crippen LogP contribution in [0.5, 0.6) is 0 Å². The summed E-state index contributed by atoms with van der Waals surface area (Å²) in [6, 6.07) is 9.72. The Morgan fingerprint density at radius 3 is 2.29 bits per heavy atom. The van der Waals surface area contributed by atoms with E-state index in [9.17, 15) is 14.4 Å². The summed E-state index contributed by atoms with van der Waals surface area (Å²) < 4.78 is 5.40. The average molecular weight is 485 g/mol. The van der Waals surface area contributed by atoms with Gasteiger partial charge in [-0.2, -0.15) is 0 Å². The van der Waals surface area contributed by atoms with Crippen LogP contribution in [-0.4, -0.2) is 79.5 Å². The lowest BCUT2D eigenvalue weighted by Crippen LogP contribution is -2.50. The smallest absolute Gasteiger partial charge is 0.245 e. The Kier molecular flexibility index (Phi) is 8.44. The number of nitrogens with one attached hydrogen (secondary N) is 2. The van der Waals surface area contributed by atoms with E-state index in [1.54, 1.807) is 0 Å². The first kappa shape index (κ1) is 25.6. The van der Waals surface area contributed by atoms with Gasteiger partial charge in [-0.25, -0.2) is 0 Å². The summed E-state index contributed by atoms with van der Waals surface area (Å²) in [5.74, 6) is 0.894. The predicted octanol–water partition coefficient (Wildman–Crippen LogP) is 1.82. The van der Waals surface area contributed by atoms with Crippen molar-refractivity contribution in [2.75, 3.05) is 45.9 Å². The number of fused-ring (bicyclic) bond motifs is 1. The van der Waals surface area contributed by atoms with Gasteiger partial charge in [0, 0.05) is 46.3 Å². The molecule has 8 heteroatoms. The van der Waals surface area contributed by atoms with E-state index < -0.39 is 6.04 Å². The lowest BCUT2D eigenvalue weighted by molar-refractivity contribution is -0.136. The molecule has 3 unspecified atom stereocenters. The molecule has 3 heterocycles. The van der Waals surface area contributed by atoms with Crippen LogP contribution in [-0.2, 0) is 19.1 Å². The Balaban J connectivity index is 1.30. The molecule has 5 atom stereocenters. The van der Waals surface area contributed by atoms with Gasteiger partial charge in [0.25, 0.3) is 0 Å². The summed E-state index contributed by atoms with van der Waals surface area (Å²) in [5.41, 5.74) is 1.13. The van der Waals surface area contributed by atoms with Crippen LogP contribution in [0.3, 0.4) is 0 Å². The number of ether oxygens (including phenoxy) is 1. The van der Waals surface area contributed by atoms with E-state index in [2.05, 4.69) is 27.7 Å². The summed E-state index contributed by atoms with van der Waals surface area (Å²) in [7, 11) is 0. The van der Waals surface area contributed by atoms with Crippen molar-refractivity contribution in [1.82, 2.24) is 20.4 Å². The van der Waals surface area contributed by atoms with E-state index in [0.717, 1.165) is 51.1 Å². The number of nitrogens with zero attached hydrogens (tertiary/aromatic N) is 2. The van der Waals surface area contributed by atoms with Gasteiger partial charge >= 0.3 is 0 Å². The molecule has 1 aromatic carbocycles. The number of hydrogen-bond acceptors (Lipinski definition) is 5. The number of hydrogen-bond donors (Lipinski definition) is 2. The summed E-state index contributed by atoms with van der Waals surface area (Å²) in [5, 5.41) is 6.11. The van der Waals surface area contributed by atoms with Crippen molar-refractivity contribution < 1.29 is 19.1 Å². The lowest BCUT2D eigenvalue weighted by atomic mass is 10.0. The van der Waals surface area contributed by atoms with Gasteiger partial charge in [0.2, 0.25) is 17.7 Å². The number of likely N-dealkylation sites (tertiary alicyclic amines) is 2. The molecule has 0 aliphatic carbocycles. The third-order valence-electron chi connectivity index (χ3n) is 7.72. The van der Waals surface area contributed by atoms with Crippen LogP contribution >= 0.6 is 0 Å². The molecule has 192 valence electrons. The fourth-order valence-electron chi connectivity index (χ4n) is 5.73. The number of carbonyl (C=O) groups excluding carboxylic acids is 3. The number of rotatable bonds is 9. The van der Waals surface area contributed by atoms with Crippen molar-refractivity contribution in [3.63, 3.8) is 0 Å².